The van der Waals surface area contributed by atoms with Crippen LogP contribution in [0.4, 0.5) is 0 Å². The van der Waals surface area contributed by atoms with Crippen molar-refractivity contribution >= 4 is 11.8 Å². The molecule has 29 heavy (non-hydrogen) atoms. The van der Waals surface area contributed by atoms with Crippen molar-refractivity contribution in [1.29, 1.82) is 0 Å². The fourth-order valence-corrected chi connectivity index (χ4v) is 3.03. The van der Waals surface area contributed by atoms with E-state index >= 15 is 0 Å². The van der Waals surface area contributed by atoms with Crippen molar-refractivity contribution in [3.8, 4) is 11.5 Å². The molecule has 2 N–H and O–H groups in total. The SMILES string of the molecule is C1CCC1.COc1cc(O)c2c(c1)CCCCC(O)C(=O)/C=C\CC(C)OC2=O. The Bertz CT molecular complexity index is 716. The lowest BCUT2D eigenvalue weighted by Crippen LogP contribution is -2.19. The molecular formula is C23H32O6. The van der Waals surface area contributed by atoms with Crippen LogP contribution in [0.1, 0.15) is 74.2 Å². The molecule has 0 radical (unpaired) electrons. The van der Waals surface area contributed by atoms with E-state index in [2.05, 4.69) is 0 Å². The number of phenols is 1. The van der Waals surface area contributed by atoms with Gasteiger partial charge in [-0.05, 0) is 43.9 Å². The number of aromatic hydroxyl groups is 1. The molecule has 6 heteroatoms. The van der Waals surface area contributed by atoms with Gasteiger partial charge in [0, 0.05) is 12.5 Å². The van der Waals surface area contributed by atoms with Crippen LogP contribution in [0.3, 0.4) is 0 Å². The molecular weight excluding hydrogens is 372 g/mol. The number of carbonyl (C=O) groups excluding carboxylic acids is 2. The summed E-state index contributed by atoms with van der Waals surface area (Å²) in [6.45, 7) is 1.70. The number of methoxy groups -OCH3 is 1. The molecule has 1 aliphatic carbocycles. The zero-order chi connectivity index (χ0) is 21.2. The van der Waals surface area contributed by atoms with E-state index in [0.29, 0.717) is 43.4 Å². The minimum atomic E-state index is -1.02. The van der Waals surface area contributed by atoms with Crippen molar-refractivity contribution in [2.75, 3.05) is 7.11 Å². The number of fused-ring (bicyclic) bond motifs is 1. The van der Waals surface area contributed by atoms with Crippen molar-refractivity contribution in [2.45, 2.75) is 76.9 Å². The number of carbonyl (C=O) groups is 2. The van der Waals surface area contributed by atoms with Crippen LogP contribution >= 0.6 is 0 Å². The smallest absolute Gasteiger partial charge is 0.342 e. The number of hydrogen-bond acceptors (Lipinski definition) is 6. The number of esters is 1. The number of ketones is 1. The standard InChI is InChI=1S/C19H24O6.C4H8/c1-12-6-5-9-16(21)15(20)8-4-3-7-13-10-14(24-2)11-17(22)18(13)19(23)25-12;1-2-4-3-1/h5,9-12,15,20,22H,3-4,6-8H2,1-2H3;1-4H2/b9-5-;. The van der Waals surface area contributed by atoms with Crippen molar-refractivity contribution in [1.82, 2.24) is 0 Å². The van der Waals surface area contributed by atoms with E-state index < -0.39 is 18.2 Å². The Morgan fingerprint density at radius 1 is 1.07 bits per heavy atom. The van der Waals surface area contributed by atoms with Gasteiger partial charge in [-0.15, -0.1) is 0 Å². The lowest BCUT2D eigenvalue weighted by molar-refractivity contribution is -0.122. The highest BCUT2D eigenvalue weighted by Crippen LogP contribution is 2.30. The van der Waals surface area contributed by atoms with Crippen LogP contribution in [0.15, 0.2) is 24.3 Å². The summed E-state index contributed by atoms with van der Waals surface area (Å²) in [6, 6.07) is 3.09. The number of aliphatic hydroxyl groups is 1. The van der Waals surface area contributed by atoms with Crippen molar-refractivity contribution in [3.63, 3.8) is 0 Å². The van der Waals surface area contributed by atoms with Gasteiger partial charge >= 0.3 is 5.97 Å². The normalized spacial score (nSPS) is 24.0. The Labute approximate surface area is 172 Å². The van der Waals surface area contributed by atoms with E-state index in [1.54, 1.807) is 19.1 Å². The first kappa shape index (κ1) is 22.9. The molecule has 6 nitrogen and oxygen atoms in total. The fourth-order valence-electron chi connectivity index (χ4n) is 3.03. The van der Waals surface area contributed by atoms with E-state index in [0.717, 1.165) is 0 Å². The molecule has 1 saturated carbocycles. The summed E-state index contributed by atoms with van der Waals surface area (Å²) in [4.78, 5) is 24.3. The highest BCUT2D eigenvalue weighted by Gasteiger charge is 2.22. The maximum absolute atomic E-state index is 12.5. The first-order valence-corrected chi connectivity index (χ1v) is 10.4. The van der Waals surface area contributed by atoms with Crippen LogP contribution in [0.2, 0.25) is 0 Å². The minimum absolute atomic E-state index is 0.144. The molecule has 160 valence electrons. The molecule has 2 aliphatic rings. The fraction of sp³-hybridized carbons (Fsp3) is 0.565. The van der Waals surface area contributed by atoms with Crippen molar-refractivity contribution < 1.29 is 29.3 Å². The molecule has 1 aromatic carbocycles. The van der Waals surface area contributed by atoms with Gasteiger partial charge in [0.2, 0.25) is 0 Å². The van der Waals surface area contributed by atoms with Crippen molar-refractivity contribution in [2.24, 2.45) is 0 Å². The molecule has 0 amide bonds. The van der Waals surface area contributed by atoms with Crippen LogP contribution in [0, 0.1) is 0 Å². The summed E-state index contributed by atoms with van der Waals surface area (Å²) in [6.07, 6.45) is 9.90. The number of benzene rings is 1. The molecule has 0 spiro atoms. The van der Waals surface area contributed by atoms with Crippen LogP contribution in [-0.4, -0.2) is 41.3 Å². The minimum Gasteiger partial charge on any atom is -0.507 e. The molecule has 1 aliphatic heterocycles. The summed E-state index contributed by atoms with van der Waals surface area (Å²) in [7, 11) is 1.49. The highest BCUT2D eigenvalue weighted by atomic mass is 16.5. The van der Waals surface area contributed by atoms with E-state index in [1.165, 1.54) is 44.9 Å². The molecule has 1 heterocycles. The average molecular weight is 405 g/mol. The van der Waals surface area contributed by atoms with E-state index in [1.807, 2.05) is 0 Å². The van der Waals surface area contributed by atoms with Gasteiger partial charge < -0.3 is 19.7 Å². The number of phenolic OH excluding ortho intramolecular Hbond substituents is 1. The highest BCUT2D eigenvalue weighted by molar-refractivity contribution is 5.95. The summed E-state index contributed by atoms with van der Waals surface area (Å²) in [5.41, 5.74) is 0.771. The number of rotatable bonds is 1. The molecule has 2 unspecified atom stereocenters. The number of ether oxygens (including phenoxy) is 2. The van der Waals surface area contributed by atoms with Gasteiger partial charge in [-0.25, -0.2) is 4.79 Å². The van der Waals surface area contributed by atoms with Gasteiger partial charge in [0.15, 0.2) is 5.78 Å². The second-order valence-electron chi connectivity index (χ2n) is 7.61. The van der Waals surface area contributed by atoms with E-state index in [9.17, 15) is 19.8 Å². The maximum atomic E-state index is 12.5. The van der Waals surface area contributed by atoms with Crippen molar-refractivity contribution in [3.05, 3.63) is 35.4 Å². The Kier molecular flexibility index (Phi) is 9.19. The first-order valence-electron chi connectivity index (χ1n) is 10.4. The predicted molar refractivity (Wildman–Crippen MR) is 110 cm³/mol. The maximum Gasteiger partial charge on any atom is 0.342 e. The number of aryl methyl sites for hydroxylation is 1. The monoisotopic (exact) mass is 404 g/mol. The molecule has 0 saturated heterocycles. The van der Waals surface area contributed by atoms with Gasteiger partial charge in [-0.3, -0.25) is 4.79 Å². The summed E-state index contributed by atoms with van der Waals surface area (Å²) in [5, 5.41) is 20.1. The Morgan fingerprint density at radius 2 is 1.76 bits per heavy atom. The third-order valence-electron chi connectivity index (χ3n) is 5.17. The lowest BCUT2D eigenvalue weighted by atomic mass is 9.98. The molecule has 0 aromatic heterocycles. The second kappa shape index (κ2) is 11.6. The van der Waals surface area contributed by atoms with Gasteiger partial charge in [-0.2, -0.15) is 0 Å². The molecule has 3 rings (SSSR count). The molecule has 1 aromatic rings. The average Bonchev–Trinajstić information content (AvgIpc) is 2.62. The third kappa shape index (κ3) is 7.20. The Hall–Kier alpha value is -2.34. The number of hydrogen-bond donors (Lipinski definition) is 2. The summed E-state index contributed by atoms with van der Waals surface area (Å²) >= 11 is 0. The molecule has 0 bridgehead atoms. The van der Waals surface area contributed by atoms with Gasteiger partial charge in [0.05, 0.1) is 7.11 Å². The Balaban J connectivity index is 0.000000666. The second-order valence-corrected chi connectivity index (χ2v) is 7.61. The molecule has 2 atom stereocenters. The van der Waals surface area contributed by atoms with Gasteiger partial charge in [-0.1, -0.05) is 38.2 Å². The van der Waals surface area contributed by atoms with Crippen LogP contribution in [0.5, 0.6) is 11.5 Å². The third-order valence-corrected chi connectivity index (χ3v) is 5.17. The quantitative estimate of drug-likeness (QED) is 0.684. The summed E-state index contributed by atoms with van der Waals surface area (Å²) < 4.78 is 10.5. The zero-order valence-electron chi connectivity index (χ0n) is 17.4. The predicted octanol–water partition coefficient (Wildman–Crippen LogP) is 4.11. The van der Waals surface area contributed by atoms with Gasteiger partial charge in [0.1, 0.15) is 29.3 Å². The van der Waals surface area contributed by atoms with Crippen LogP contribution in [0.25, 0.3) is 0 Å². The zero-order valence-corrected chi connectivity index (χ0v) is 17.4. The van der Waals surface area contributed by atoms with Crippen LogP contribution < -0.4 is 4.74 Å². The van der Waals surface area contributed by atoms with Gasteiger partial charge in [0.25, 0.3) is 0 Å². The largest absolute Gasteiger partial charge is 0.507 e. The Morgan fingerprint density at radius 3 is 2.38 bits per heavy atom. The topological polar surface area (TPSA) is 93.1 Å². The molecule has 1 fully saturated rings. The van der Waals surface area contributed by atoms with E-state index in [4.69, 9.17) is 9.47 Å². The van der Waals surface area contributed by atoms with Crippen LogP contribution in [-0.2, 0) is 16.0 Å². The number of aliphatic hydroxyl groups excluding tert-OH is 1. The van der Waals surface area contributed by atoms with E-state index in [-0.39, 0.29) is 17.1 Å². The lowest BCUT2D eigenvalue weighted by Gasteiger charge is -2.17. The first-order chi connectivity index (χ1) is 13.9. The number of cyclic esters (lactones) is 1. The summed E-state index contributed by atoms with van der Waals surface area (Å²) in [5.74, 6) is -0.657.